The zero-order valence-electron chi connectivity index (χ0n) is 10.8. The van der Waals surface area contributed by atoms with E-state index < -0.39 is 6.04 Å². The minimum atomic E-state index is -0.442. The molecule has 0 aliphatic carbocycles. The summed E-state index contributed by atoms with van der Waals surface area (Å²) in [4.78, 5) is 26.0. The maximum atomic E-state index is 12.6. The summed E-state index contributed by atoms with van der Waals surface area (Å²) in [6.45, 7) is 0.615. The molecule has 0 aromatic heterocycles. The van der Waals surface area contributed by atoms with E-state index in [9.17, 15) is 9.59 Å². The first-order valence-corrected chi connectivity index (χ1v) is 7.36. The number of rotatable bonds is 2. The maximum Gasteiger partial charge on any atom is 0.328 e. The third kappa shape index (κ3) is 3.08. The highest BCUT2D eigenvalue weighted by Gasteiger charge is 2.33. The van der Waals surface area contributed by atoms with Crippen molar-refractivity contribution < 1.29 is 14.3 Å². The van der Waals surface area contributed by atoms with Gasteiger partial charge in [-0.1, -0.05) is 12.1 Å². The summed E-state index contributed by atoms with van der Waals surface area (Å²) in [5, 5.41) is 0. The Morgan fingerprint density at radius 2 is 2.05 bits per heavy atom. The Balaban J connectivity index is 2.25. The Morgan fingerprint density at radius 3 is 2.74 bits per heavy atom. The van der Waals surface area contributed by atoms with Gasteiger partial charge in [-0.3, -0.25) is 4.79 Å². The van der Waals surface area contributed by atoms with Crippen LogP contribution in [0.15, 0.2) is 24.3 Å². The molecule has 1 aliphatic rings. The van der Waals surface area contributed by atoms with E-state index in [1.54, 1.807) is 11.0 Å². The van der Waals surface area contributed by atoms with E-state index in [1.807, 2.05) is 18.2 Å². The molecule has 4 nitrogen and oxygen atoms in total. The molecule has 1 amide bonds. The van der Waals surface area contributed by atoms with Gasteiger partial charge in [-0.2, -0.15) is 0 Å². The topological polar surface area (TPSA) is 46.6 Å². The molecule has 0 unspecified atom stereocenters. The molecule has 0 radical (unpaired) electrons. The summed E-state index contributed by atoms with van der Waals surface area (Å²) in [6, 6.07) is 6.99. The number of carbonyl (C=O) groups excluding carboxylic acids is 2. The molecule has 19 heavy (non-hydrogen) atoms. The van der Waals surface area contributed by atoms with Gasteiger partial charge < -0.3 is 9.64 Å². The number of benzene rings is 1. The molecule has 5 heteroatoms. The molecule has 1 heterocycles. The lowest BCUT2D eigenvalue weighted by Crippen LogP contribution is -2.48. The lowest BCUT2D eigenvalue weighted by Gasteiger charge is -2.34. The van der Waals surface area contributed by atoms with Gasteiger partial charge in [0.2, 0.25) is 0 Å². The number of piperidine rings is 1. The van der Waals surface area contributed by atoms with E-state index in [2.05, 4.69) is 22.6 Å². The van der Waals surface area contributed by atoms with E-state index >= 15 is 0 Å². The number of methoxy groups -OCH3 is 1. The van der Waals surface area contributed by atoms with Crippen LogP contribution in [0.5, 0.6) is 0 Å². The first kappa shape index (κ1) is 14.3. The molecule has 0 N–H and O–H groups in total. The number of nitrogens with zero attached hydrogens (tertiary/aromatic N) is 1. The first-order valence-electron chi connectivity index (χ1n) is 6.28. The standard InChI is InChI=1S/C14H16INO3/c1-19-14(18)12-8-4-5-9-16(12)13(17)10-6-2-3-7-11(10)15/h2-3,6-7,12H,4-5,8-9H2,1H3/t12-/m1/s1. The number of esters is 1. The van der Waals surface area contributed by atoms with Gasteiger partial charge in [0.15, 0.2) is 0 Å². The Bertz CT molecular complexity index is 489. The third-order valence-electron chi connectivity index (χ3n) is 3.34. The average molecular weight is 373 g/mol. The van der Waals surface area contributed by atoms with Crippen molar-refractivity contribution in [3.63, 3.8) is 0 Å². The van der Waals surface area contributed by atoms with Crippen LogP contribution in [0.3, 0.4) is 0 Å². The van der Waals surface area contributed by atoms with Crippen molar-refractivity contribution in [2.45, 2.75) is 25.3 Å². The lowest BCUT2D eigenvalue weighted by atomic mass is 10.0. The van der Waals surface area contributed by atoms with Gasteiger partial charge in [0.05, 0.1) is 12.7 Å². The van der Waals surface area contributed by atoms with Crippen LogP contribution < -0.4 is 0 Å². The molecule has 1 aromatic rings. The van der Waals surface area contributed by atoms with Gasteiger partial charge in [0, 0.05) is 10.1 Å². The van der Waals surface area contributed by atoms with E-state index in [-0.39, 0.29) is 11.9 Å². The fraction of sp³-hybridized carbons (Fsp3) is 0.429. The monoisotopic (exact) mass is 373 g/mol. The summed E-state index contributed by atoms with van der Waals surface area (Å²) >= 11 is 2.14. The molecule has 1 atom stereocenters. The normalized spacial score (nSPS) is 19.1. The van der Waals surface area contributed by atoms with Crippen molar-refractivity contribution in [3.8, 4) is 0 Å². The minimum Gasteiger partial charge on any atom is -0.467 e. The molecule has 0 saturated carbocycles. The highest BCUT2D eigenvalue weighted by molar-refractivity contribution is 14.1. The predicted molar refractivity (Wildman–Crippen MR) is 79.9 cm³/mol. The van der Waals surface area contributed by atoms with E-state index in [4.69, 9.17) is 4.74 Å². The molecule has 1 fully saturated rings. The summed E-state index contributed by atoms with van der Waals surface area (Å²) in [5.41, 5.74) is 0.652. The van der Waals surface area contributed by atoms with Crippen LogP contribution >= 0.6 is 22.6 Å². The molecular weight excluding hydrogens is 357 g/mol. The SMILES string of the molecule is COC(=O)[C@H]1CCCCN1C(=O)c1ccccc1I. The Hall–Kier alpha value is -1.11. The molecule has 1 saturated heterocycles. The zero-order chi connectivity index (χ0) is 13.8. The Labute approximate surface area is 126 Å². The number of carbonyl (C=O) groups is 2. The molecule has 2 rings (SSSR count). The molecular formula is C14H16INO3. The van der Waals surface area contributed by atoms with Crippen molar-refractivity contribution >= 4 is 34.5 Å². The van der Waals surface area contributed by atoms with E-state index in [0.29, 0.717) is 18.5 Å². The first-order chi connectivity index (χ1) is 9.15. The van der Waals surface area contributed by atoms with Gasteiger partial charge in [0.1, 0.15) is 6.04 Å². The van der Waals surface area contributed by atoms with Gasteiger partial charge in [-0.05, 0) is 54.0 Å². The quantitative estimate of drug-likeness (QED) is 0.591. The lowest BCUT2D eigenvalue weighted by molar-refractivity contribution is -0.147. The second-order valence-electron chi connectivity index (χ2n) is 4.51. The molecule has 1 aromatic carbocycles. The van der Waals surface area contributed by atoms with Gasteiger partial charge in [-0.25, -0.2) is 4.79 Å². The Morgan fingerprint density at radius 1 is 1.32 bits per heavy atom. The van der Waals surface area contributed by atoms with Crippen molar-refractivity contribution in [2.75, 3.05) is 13.7 Å². The highest BCUT2D eigenvalue weighted by atomic mass is 127. The van der Waals surface area contributed by atoms with Crippen molar-refractivity contribution in [1.29, 1.82) is 0 Å². The summed E-state index contributed by atoms with van der Waals surface area (Å²) < 4.78 is 5.70. The van der Waals surface area contributed by atoms with Gasteiger partial charge >= 0.3 is 5.97 Å². The minimum absolute atomic E-state index is 0.0832. The van der Waals surface area contributed by atoms with E-state index in [1.165, 1.54) is 7.11 Å². The maximum absolute atomic E-state index is 12.6. The van der Waals surface area contributed by atoms with Crippen molar-refractivity contribution in [1.82, 2.24) is 4.90 Å². The fourth-order valence-electron chi connectivity index (χ4n) is 2.35. The second kappa shape index (κ2) is 6.36. The van der Waals surface area contributed by atoms with Crippen LogP contribution in [0.1, 0.15) is 29.6 Å². The van der Waals surface area contributed by atoms with E-state index in [0.717, 1.165) is 16.4 Å². The molecule has 0 spiro atoms. The van der Waals surface area contributed by atoms with Gasteiger partial charge in [-0.15, -0.1) is 0 Å². The number of hydrogen-bond donors (Lipinski definition) is 0. The van der Waals surface area contributed by atoms with Gasteiger partial charge in [0.25, 0.3) is 5.91 Å². The number of likely N-dealkylation sites (tertiary alicyclic amines) is 1. The average Bonchev–Trinajstić information content (AvgIpc) is 2.46. The van der Waals surface area contributed by atoms with Crippen molar-refractivity contribution in [2.24, 2.45) is 0 Å². The predicted octanol–water partition coefficient (Wildman–Crippen LogP) is 2.46. The largest absolute Gasteiger partial charge is 0.467 e. The number of halogens is 1. The summed E-state index contributed by atoms with van der Waals surface area (Å²) in [7, 11) is 1.37. The number of ether oxygens (including phenoxy) is 1. The van der Waals surface area contributed by atoms with Crippen LogP contribution in [0.4, 0.5) is 0 Å². The smallest absolute Gasteiger partial charge is 0.328 e. The zero-order valence-corrected chi connectivity index (χ0v) is 12.9. The van der Waals surface area contributed by atoms with Crippen LogP contribution in [0, 0.1) is 3.57 Å². The molecule has 0 bridgehead atoms. The van der Waals surface area contributed by atoms with Crippen LogP contribution in [0.2, 0.25) is 0 Å². The van der Waals surface area contributed by atoms with Crippen LogP contribution in [-0.4, -0.2) is 36.5 Å². The van der Waals surface area contributed by atoms with Crippen LogP contribution in [0.25, 0.3) is 0 Å². The number of amides is 1. The summed E-state index contributed by atoms with van der Waals surface area (Å²) in [5.74, 6) is -0.404. The van der Waals surface area contributed by atoms with Crippen LogP contribution in [-0.2, 0) is 9.53 Å². The van der Waals surface area contributed by atoms with Crippen molar-refractivity contribution in [3.05, 3.63) is 33.4 Å². The highest BCUT2D eigenvalue weighted by Crippen LogP contribution is 2.22. The molecule has 1 aliphatic heterocycles. The summed E-state index contributed by atoms with van der Waals surface area (Å²) in [6.07, 6.45) is 2.57. The number of hydrogen-bond acceptors (Lipinski definition) is 3. The second-order valence-corrected chi connectivity index (χ2v) is 5.68. The molecule has 102 valence electrons. The third-order valence-corrected chi connectivity index (χ3v) is 4.28. The Kier molecular flexibility index (Phi) is 4.79. The fourth-order valence-corrected chi connectivity index (χ4v) is 2.96.